The highest BCUT2D eigenvalue weighted by Crippen LogP contribution is 2.37. The van der Waals surface area contributed by atoms with E-state index in [4.69, 9.17) is 11.6 Å². The molecule has 1 aliphatic heterocycles. The maximum absolute atomic E-state index is 12.3. The number of halogens is 1. The van der Waals surface area contributed by atoms with Gasteiger partial charge in [-0.25, -0.2) is 0 Å². The summed E-state index contributed by atoms with van der Waals surface area (Å²) in [5, 5.41) is 13.4. The molecule has 1 unspecified atom stereocenters. The summed E-state index contributed by atoms with van der Waals surface area (Å²) in [6.45, 7) is 0.797. The molecule has 2 aliphatic rings. The number of amides is 1. The Hall–Kier alpha value is -1.95. The molecule has 1 aliphatic carbocycles. The first-order valence-corrected chi connectivity index (χ1v) is 7.96. The van der Waals surface area contributed by atoms with E-state index < -0.39 is 0 Å². The van der Waals surface area contributed by atoms with E-state index in [1.807, 2.05) is 17.0 Å². The fourth-order valence-electron chi connectivity index (χ4n) is 2.93. The molecule has 0 N–H and O–H groups in total. The average Bonchev–Trinajstić information content (AvgIpc) is 3.06. The van der Waals surface area contributed by atoms with Gasteiger partial charge in [0.05, 0.1) is 11.7 Å². The van der Waals surface area contributed by atoms with Crippen molar-refractivity contribution in [3.63, 3.8) is 0 Å². The van der Waals surface area contributed by atoms with Gasteiger partial charge in [-0.15, -0.1) is 15.0 Å². The van der Waals surface area contributed by atoms with E-state index in [9.17, 15) is 4.79 Å². The van der Waals surface area contributed by atoms with Crippen LogP contribution in [0.25, 0.3) is 5.69 Å². The summed E-state index contributed by atoms with van der Waals surface area (Å²) < 4.78 is 0. The van der Waals surface area contributed by atoms with Gasteiger partial charge in [-0.2, -0.15) is 0 Å². The van der Waals surface area contributed by atoms with Gasteiger partial charge in [-0.05, 0) is 49.1 Å². The molecule has 1 aromatic carbocycles. The second kappa shape index (κ2) is 5.35. The van der Waals surface area contributed by atoms with Gasteiger partial charge in [-0.3, -0.25) is 4.79 Å². The molecule has 7 heteroatoms. The number of nitrogens with zero attached hydrogens (tertiary/aromatic N) is 5. The van der Waals surface area contributed by atoms with Crippen LogP contribution in [0, 0.1) is 5.92 Å². The van der Waals surface area contributed by atoms with Crippen LogP contribution in [-0.4, -0.2) is 37.6 Å². The Balaban J connectivity index is 1.59. The number of carbonyl (C=O) groups is 1. The lowest BCUT2D eigenvalue weighted by molar-refractivity contribution is -0.133. The molecule has 4 rings (SSSR count). The van der Waals surface area contributed by atoms with E-state index in [0.717, 1.165) is 37.9 Å². The Bertz CT molecular complexity index is 711. The molecular formula is C15H16ClN5O. The molecule has 0 radical (unpaired) electrons. The van der Waals surface area contributed by atoms with Gasteiger partial charge in [0.1, 0.15) is 0 Å². The monoisotopic (exact) mass is 317 g/mol. The number of tetrazole rings is 1. The predicted molar refractivity (Wildman–Crippen MR) is 80.6 cm³/mol. The largest absolute Gasteiger partial charge is 0.332 e. The zero-order valence-electron chi connectivity index (χ0n) is 12.0. The second-order valence-corrected chi connectivity index (χ2v) is 6.32. The molecule has 2 heterocycles. The first kappa shape index (κ1) is 13.7. The Labute approximate surface area is 133 Å². The van der Waals surface area contributed by atoms with Crippen LogP contribution in [0.15, 0.2) is 24.3 Å². The maximum Gasteiger partial charge on any atom is 0.226 e. The van der Waals surface area contributed by atoms with Gasteiger partial charge in [0.15, 0.2) is 5.82 Å². The molecule has 0 spiro atoms. The smallest absolute Gasteiger partial charge is 0.226 e. The number of rotatable bonds is 3. The van der Waals surface area contributed by atoms with Crippen molar-refractivity contribution in [2.75, 3.05) is 6.54 Å². The number of likely N-dealkylation sites (tertiary alicyclic amines) is 1. The number of hydrogen-bond acceptors (Lipinski definition) is 4. The number of aromatic nitrogens is 4. The number of benzene rings is 1. The SMILES string of the molecule is O=C(C1CC1)N1CCCC1c1nnn(-c2cccc(Cl)c2)n1. The normalized spacial score (nSPS) is 21.3. The van der Waals surface area contributed by atoms with Crippen molar-refractivity contribution in [2.24, 2.45) is 5.92 Å². The summed E-state index contributed by atoms with van der Waals surface area (Å²) >= 11 is 5.99. The standard InChI is InChI=1S/C15H16ClN5O/c16-11-3-1-4-12(9-11)21-18-14(17-19-21)13-5-2-8-20(13)15(22)10-6-7-10/h1,3-4,9-10,13H,2,5-8H2. The van der Waals surface area contributed by atoms with Gasteiger partial charge < -0.3 is 4.90 Å². The van der Waals surface area contributed by atoms with E-state index >= 15 is 0 Å². The van der Waals surface area contributed by atoms with Gasteiger partial charge in [-0.1, -0.05) is 17.7 Å². The molecule has 1 aromatic heterocycles. The predicted octanol–water partition coefficient (Wildman–Crippen LogP) is 2.39. The Morgan fingerprint density at radius 3 is 2.91 bits per heavy atom. The third-order valence-corrected chi connectivity index (χ3v) is 4.46. The summed E-state index contributed by atoms with van der Waals surface area (Å²) in [4.78, 5) is 15.7. The highest BCUT2D eigenvalue weighted by Gasteiger charge is 2.40. The van der Waals surface area contributed by atoms with Crippen LogP contribution in [0.2, 0.25) is 5.02 Å². The topological polar surface area (TPSA) is 63.9 Å². The van der Waals surface area contributed by atoms with Crippen molar-refractivity contribution < 1.29 is 4.79 Å². The lowest BCUT2D eigenvalue weighted by Gasteiger charge is -2.21. The van der Waals surface area contributed by atoms with E-state index in [2.05, 4.69) is 15.4 Å². The molecule has 6 nitrogen and oxygen atoms in total. The van der Waals surface area contributed by atoms with Crippen LogP contribution in [0.3, 0.4) is 0 Å². The summed E-state index contributed by atoms with van der Waals surface area (Å²) in [7, 11) is 0. The molecule has 22 heavy (non-hydrogen) atoms. The maximum atomic E-state index is 12.3. The molecule has 1 atom stereocenters. The molecule has 114 valence electrons. The third-order valence-electron chi connectivity index (χ3n) is 4.23. The molecular weight excluding hydrogens is 302 g/mol. The first-order chi connectivity index (χ1) is 10.7. The summed E-state index contributed by atoms with van der Waals surface area (Å²) in [5.74, 6) is 1.09. The quantitative estimate of drug-likeness (QED) is 0.872. The van der Waals surface area contributed by atoms with Crippen molar-refractivity contribution in [2.45, 2.75) is 31.7 Å². The third kappa shape index (κ3) is 2.47. The minimum absolute atomic E-state index is 0.0407. The van der Waals surface area contributed by atoms with Gasteiger partial charge >= 0.3 is 0 Å². The van der Waals surface area contributed by atoms with Crippen LogP contribution in [0.4, 0.5) is 0 Å². The van der Waals surface area contributed by atoms with Crippen LogP contribution in [-0.2, 0) is 4.79 Å². The number of carbonyl (C=O) groups excluding carboxylic acids is 1. The van der Waals surface area contributed by atoms with Gasteiger partial charge in [0.25, 0.3) is 0 Å². The fraction of sp³-hybridized carbons (Fsp3) is 0.467. The Morgan fingerprint density at radius 1 is 1.27 bits per heavy atom. The van der Waals surface area contributed by atoms with Crippen molar-refractivity contribution >= 4 is 17.5 Å². The van der Waals surface area contributed by atoms with Crippen LogP contribution in [0.1, 0.15) is 37.5 Å². The summed E-state index contributed by atoms with van der Waals surface area (Å²) in [6.07, 6.45) is 3.93. The van der Waals surface area contributed by atoms with Crippen LogP contribution >= 0.6 is 11.6 Å². The minimum atomic E-state index is -0.0407. The Morgan fingerprint density at radius 2 is 2.14 bits per heavy atom. The van der Waals surface area contributed by atoms with E-state index in [-0.39, 0.29) is 17.9 Å². The first-order valence-electron chi connectivity index (χ1n) is 7.59. The van der Waals surface area contributed by atoms with Crippen molar-refractivity contribution in [1.82, 2.24) is 25.1 Å². The Kier molecular flexibility index (Phi) is 3.33. The van der Waals surface area contributed by atoms with E-state index in [0.29, 0.717) is 10.8 Å². The van der Waals surface area contributed by atoms with Gasteiger partial charge in [0.2, 0.25) is 5.91 Å². The summed E-state index contributed by atoms with van der Waals surface area (Å²) in [6, 6.07) is 7.27. The molecule has 1 saturated heterocycles. The van der Waals surface area contributed by atoms with Gasteiger partial charge in [0, 0.05) is 17.5 Å². The van der Waals surface area contributed by atoms with Crippen LogP contribution in [0.5, 0.6) is 0 Å². The second-order valence-electron chi connectivity index (χ2n) is 5.88. The van der Waals surface area contributed by atoms with E-state index in [1.165, 1.54) is 4.80 Å². The highest BCUT2D eigenvalue weighted by molar-refractivity contribution is 6.30. The summed E-state index contributed by atoms with van der Waals surface area (Å²) in [5.41, 5.74) is 0.768. The average molecular weight is 318 g/mol. The minimum Gasteiger partial charge on any atom is -0.332 e. The lowest BCUT2D eigenvalue weighted by atomic mass is 10.2. The zero-order chi connectivity index (χ0) is 15.1. The fourth-order valence-corrected chi connectivity index (χ4v) is 3.12. The molecule has 1 amide bonds. The molecule has 1 saturated carbocycles. The van der Waals surface area contributed by atoms with Crippen LogP contribution < -0.4 is 0 Å². The van der Waals surface area contributed by atoms with Crippen molar-refractivity contribution in [1.29, 1.82) is 0 Å². The number of hydrogen-bond donors (Lipinski definition) is 0. The molecule has 2 fully saturated rings. The molecule has 0 bridgehead atoms. The zero-order valence-corrected chi connectivity index (χ0v) is 12.8. The highest BCUT2D eigenvalue weighted by atomic mass is 35.5. The van der Waals surface area contributed by atoms with Crippen molar-refractivity contribution in [3.8, 4) is 5.69 Å². The molecule has 2 aromatic rings. The van der Waals surface area contributed by atoms with E-state index in [1.54, 1.807) is 12.1 Å². The lowest BCUT2D eigenvalue weighted by Crippen LogP contribution is -2.32. The van der Waals surface area contributed by atoms with Crippen molar-refractivity contribution in [3.05, 3.63) is 35.1 Å².